The topological polar surface area (TPSA) is 32.3 Å². The number of hydrogen-bond donors (Lipinski definition) is 2. The zero-order valence-electron chi connectivity index (χ0n) is 11.5. The Labute approximate surface area is 115 Å². The maximum atomic E-state index is 9.65. The molecule has 2 atom stereocenters. The van der Waals surface area contributed by atoms with E-state index in [-0.39, 0.29) is 18.6 Å². The molecule has 19 heavy (non-hydrogen) atoms. The van der Waals surface area contributed by atoms with E-state index in [1.54, 1.807) is 0 Å². The van der Waals surface area contributed by atoms with Crippen molar-refractivity contribution in [3.05, 3.63) is 65.7 Å². The summed E-state index contributed by atoms with van der Waals surface area (Å²) >= 11 is 0. The molecule has 2 nitrogen and oxygen atoms in total. The maximum absolute atomic E-state index is 9.65. The normalized spacial score (nSPS) is 13.8. The van der Waals surface area contributed by atoms with E-state index in [0.29, 0.717) is 0 Å². The predicted octanol–water partition coefficient (Wildman–Crippen LogP) is 3.57. The summed E-state index contributed by atoms with van der Waals surface area (Å²) in [7, 11) is 0. The zero-order valence-corrected chi connectivity index (χ0v) is 11.5. The van der Waals surface area contributed by atoms with E-state index in [1.165, 1.54) is 11.1 Å². The van der Waals surface area contributed by atoms with E-state index in [4.69, 9.17) is 0 Å². The van der Waals surface area contributed by atoms with Gasteiger partial charge in [0.1, 0.15) is 0 Å². The summed E-state index contributed by atoms with van der Waals surface area (Å²) in [5.41, 5.74) is 3.52. The number of aliphatic hydroxyl groups is 1. The minimum atomic E-state index is 0.0171. The molecular formula is C17H21NO. The molecular weight excluding hydrogens is 234 g/mol. The van der Waals surface area contributed by atoms with Gasteiger partial charge >= 0.3 is 0 Å². The molecule has 0 bridgehead atoms. The van der Waals surface area contributed by atoms with E-state index >= 15 is 0 Å². The molecule has 2 heteroatoms. The lowest BCUT2D eigenvalue weighted by molar-refractivity contribution is 0.262. The molecule has 0 saturated carbocycles. The van der Waals surface area contributed by atoms with Gasteiger partial charge in [-0.3, -0.25) is 0 Å². The van der Waals surface area contributed by atoms with E-state index < -0.39 is 0 Å². The number of rotatable bonds is 5. The van der Waals surface area contributed by atoms with Gasteiger partial charge in [0.15, 0.2) is 0 Å². The Morgan fingerprint density at radius 2 is 1.63 bits per heavy atom. The van der Waals surface area contributed by atoms with Gasteiger partial charge < -0.3 is 10.4 Å². The van der Waals surface area contributed by atoms with Crippen LogP contribution < -0.4 is 5.32 Å². The molecule has 2 rings (SSSR count). The molecule has 0 spiro atoms. The van der Waals surface area contributed by atoms with Gasteiger partial charge in [-0.05, 0) is 24.1 Å². The molecule has 2 aromatic carbocycles. The number of aryl methyl sites for hydroxylation is 1. The van der Waals surface area contributed by atoms with Gasteiger partial charge in [-0.25, -0.2) is 0 Å². The molecule has 0 saturated heterocycles. The summed E-state index contributed by atoms with van der Waals surface area (Å²) in [5.74, 6) is 0.255. The predicted molar refractivity (Wildman–Crippen MR) is 80.5 cm³/mol. The molecule has 2 unspecified atom stereocenters. The van der Waals surface area contributed by atoms with Gasteiger partial charge in [0.25, 0.3) is 0 Å². The van der Waals surface area contributed by atoms with Crippen molar-refractivity contribution in [3.63, 3.8) is 0 Å². The van der Waals surface area contributed by atoms with Crippen LogP contribution in [-0.4, -0.2) is 17.8 Å². The number of anilines is 1. The van der Waals surface area contributed by atoms with Gasteiger partial charge in [-0.15, -0.1) is 0 Å². The van der Waals surface area contributed by atoms with Crippen molar-refractivity contribution in [3.8, 4) is 0 Å². The van der Waals surface area contributed by atoms with Crippen LogP contribution in [0.25, 0.3) is 0 Å². The highest BCUT2D eigenvalue weighted by atomic mass is 16.3. The van der Waals surface area contributed by atoms with Crippen molar-refractivity contribution >= 4 is 5.69 Å². The summed E-state index contributed by atoms with van der Waals surface area (Å²) in [6, 6.07) is 18.5. The third-order valence-electron chi connectivity index (χ3n) is 3.61. The van der Waals surface area contributed by atoms with Crippen LogP contribution in [0.1, 0.15) is 24.0 Å². The highest BCUT2D eigenvalue weighted by molar-refractivity contribution is 5.51. The van der Waals surface area contributed by atoms with Crippen molar-refractivity contribution in [2.45, 2.75) is 25.8 Å². The van der Waals surface area contributed by atoms with Gasteiger partial charge in [-0.1, -0.05) is 55.5 Å². The Balaban J connectivity index is 2.15. The molecule has 0 aromatic heterocycles. The zero-order chi connectivity index (χ0) is 13.7. The molecule has 0 aliphatic heterocycles. The van der Waals surface area contributed by atoms with E-state index in [9.17, 15) is 5.11 Å². The number of hydrogen-bond acceptors (Lipinski definition) is 2. The fraction of sp³-hybridized carbons (Fsp3) is 0.294. The van der Waals surface area contributed by atoms with Crippen molar-refractivity contribution < 1.29 is 5.11 Å². The summed E-state index contributed by atoms with van der Waals surface area (Å²) in [5, 5.41) is 13.1. The first kappa shape index (κ1) is 13.6. The largest absolute Gasteiger partial charge is 0.394 e. The smallest absolute Gasteiger partial charge is 0.0638 e. The maximum Gasteiger partial charge on any atom is 0.0638 e. The number of para-hydroxylation sites is 1. The number of nitrogens with one attached hydrogen (secondary N) is 1. The second kappa shape index (κ2) is 6.39. The average Bonchev–Trinajstić information content (AvgIpc) is 2.47. The lowest BCUT2D eigenvalue weighted by Crippen LogP contribution is -2.30. The summed E-state index contributed by atoms with van der Waals surface area (Å²) in [4.78, 5) is 0. The first-order valence-corrected chi connectivity index (χ1v) is 6.70. The standard InChI is InChI=1S/C17H21NO/c1-13-8-6-7-11-16(13)18-17(12-19)14(2)15-9-4-3-5-10-15/h3-11,14,17-19H,12H2,1-2H3. The Morgan fingerprint density at radius 3 is 2.26 bits per heavy atom. The van der Waals surface area contributed by atoms with Crippen molar-refractivity contribution in [1.29, 1.82) is 0 Å². The molecule has 100 valence electrons. The van der Waals surface area contributed by atoms with Crippen LogP contribution in [0, 0.1) is 6.92 Å². The van der Waals surface area contributed by atoms with Crippen LogP contribution in [0.5, 0.6) is 0 Å². The van der Waals surface area contributed by atoms with Crippen LogP contribution in [0.4, 0.5) is 5.69 Å². The summed E-state index contributed by atoms with van der Waals surface area (Å²) in [6.45, 7) is 4.33. The third-order valence-corrected chi connectivity index (χ3v) is 3.61. The van der Waals surface area contributed by atoms with E-state index in [0.717, 1.165) is 5.69 Å². The van der Waals surface area contributed by atoms with Gasteiger partial charge in [-0.2, -0.15) is 0 Å². The number of aliphatic hydroxyl groups excluding tert-OH is 1. The van der Waals surface area contributed by atoms with Crippen LogP contribution in [-0.2, 0) is 0 Å². The minimum absolute atomic E-state index is 0.0171. The molecule has 0 aliphatic carbocycles. The van der Waals surface area contributed by atoms with Crippen LogP contribution in [0.2, 0.25) is 0 Å². The van der Waals surface area contributed by atoms with Crippen molar-refractivity contribution in [1.82, 2.24) is 0 Å². The molecule has 2 aromatic rings. The Kier molecular flexibility index (Phi) is 4.58. The van der Waals surface area contributed by atoms with Crippen LogP contribution in [0.3, 0.4) is 0 Å². The van der Waals surface area contributed by atoms with Gasteiger partial charge in [0.2, 0.25) is 0 Å². The van der Waals surface area contributed by atoms with E-state index in [1.807, 2.05) is 30.3 Å². The first-order chi connectivity index (χ1) is 9.22. The van der Waals surface area contributed by atoms with Crippen LogP contribution in [0.15, 0.2) is 54.6 Å². The van der Waals surface area contributed by atoms with Crippen molar-refractivity contribution in [2.75, 3.05) is 11.9 Å². The Bertz CT molecular complexity index is 510. The first-order valence-electron chi connectivity index (χ1n) is 6.70. The monoisotopic (exact) mass is 255 g/mol. The Morgan fingerprint density at radius 1 is 1.00 bits per heavy atom. The minimum Gasteiger partial charge on any atom is -0.394 e. The molecule has 0 amide bonds. The Hall–Kier alpha value is -1.80. The molecule has 0 radical (unpaired) electrons. The second-order valence-corrected chi connectivity index (χ2v) is 4.95. The molecule has 0 fully saturated rings. The molecule has 0 aliphatic rings. The molecule has 0 heterocycles. The fourth-order valence-electron chi connectivity index (χ4n) is 2.25. The highest BCUT2D eigenvalue weighted by Gasteiger charge is 2.18. The van der Waals surface area contributed by atoms with Crippen molar-refractivity contribution in [2.24, 2.45) is 0 Å². The average molecular weight is 255 g/mol. The highest BCUT2D eigenvalue weighted by Crippen LogP contribution is 2.23. The van der Waals surface area contributed by atoms with Crippen LogP contribution >= 0.6 is 0 Å². The number of benzene rings is 2. The lowest BCUT2D eigenvalue weighted by atomic mass is 9.93. The van der Waals surface area contributed by atoms with Gasteiger partial charge in [0, 0.05) is 11.6 Å². The lowest BCUT2D eigenvalue weighted by Gasteiger charge is -2.25. The quantitative estimate of drug-likeness (QED) is 0.856. The second-order valence-electron chi connectivity index (χ2n) is 4.95. The van der Waals surface area contributed by atoms with Gasteiger partial charge in [0.05, 0.1) is 12.6 Å². The summed E-state index contributed by atoms with van der Waals surface area (Å²) < 4.78 is 0. The molecule has 2 N–H and O–H groups in total. The SMILES string of the molecule is Cc1ccccc1NC(CO)C(C)c1ccccc1. The third kappa shape index (κ3) is 3.36. The fourth-order valence-corrected chi connectivity index (χ4v) is 2.25. The summed E-state index contributed by atoms with van der Waals surface area (Å²) in [6.07, 6.45) is 0. The van der Waals surface area contributed by atoms with E-state index in [2.05, 4.69) is 43.4 Å².